The number of esters is 1. The Morgan fingerprint density at radius 1 is 0.944 bits per heavy atom. The summed E-state index contributed by atoms with van der Waals surface area (Å²) in [6.07, 6.45) is 3.90. The molecule has 3 aromatic carbocycles. The first-order chi connectivity index (χ1) is 17.4. The molecule has 0 spiro atoms. The minimum atomic E-state index is -0.840. The second-order valence-electron chi connectivity index (χ2n) is 9.76. The number of epoxide rings is 1. The summed E-state index contributed by atoms with van der Waals surface area (Å²) < 4.78 is 54.9. The molecule has 3 aromatic rings. The maximum atomic E-state index is 15.1. The van der Waals surface area contributed by atoms with Crippen molar-refractivity contribution < 1.29 is 27.4 Å². The van der Waals surface area contributed by atoms with E-state index in [1.54, 1.807) is 18.2 Å². The molecule has 0 radical (unpaired) electrons. The molecule has 1 aliphatic heterocycles. The fraction of sp³-hybridized carbons (Fsp3) is 0.367. The van der Waals surface area contributed by atoms with Gasteiger partial charge in [0.25, 0.3) is 0 Å². The van der Waals surface area contributed by atoms with Gasteiger partial charge in [-0.25, -0.2) is 13.2 Å². The fourth-order valence-electron chi connectivity index (χ4n) is 5.11. The third kappa shape index (κ3) is 5.19. The van der Waals surface area contributed by atoms with Crippen LogP contribution in [0.2, 0.25) is 0 Å². The summed E-state index contributed by atoms with van der Waals surface area (Å²) in [4.78, 5) is 12.6. The van der Waals surface area contributed by atoms with Crippen LogP contribution in [0, 0.1) is 23.4 Å². The second kappa shape index (κ2) is 10.5. The van der Waals surface area contributed by atoms with Gasteiger partial charge in [0.2, 0.25) is 0 Å². The van der Waals surface area contributed by atoms with Crippen LogP contribution in [0.5, 0.6) is 5.75 Å². The molecule has 1 saturated heterocycles. The fourth-order valence-corrected chi connectivity index (χ4v) is 5.11. The summed E-state index contributed by atoms with van der Waals surface area (Å²) in [5.41, 5.74) is 3.13. The number of benzene rings is 3. The van der Waals surface area contributed by atoms with E-state index in [0.29, 0.717) is 43.4 Å². The molecule has 2 aliphatic rings. The Morgan fingerprint density at radius 3 is 2.31 bits per heavy atom. The van der Waals surface area contributed by atoms with Gasteiger partial charge < -0.3 is 9.47 Å². The zero-order valence-electron chi connectivity index (χ0n) is 20.2. The lowest BCUT2D eigenvalue weighted by molar-refractivity contribution is -0.140. The van der Waals surface area contributed by atoms with E-state index in [1.807, 2.05) is 24.3 Å². The number of halogens is 3. The number of hydrogen-bond acceptors (Lipinski definition) is 3. The molecule has 1 saturated carbocycles. The Labute approximate surface area is 209 Å². The second-order valence-corrected chi connectivity index (χ2v) is 9.76. The summed E-state index contributed by atoms with van der Waals surface area (Å²) in [5.74, 6) is -3.43. The smallest absolute Gasteiger partial charge is 0.314 e. The molecule has 188 valence electrons. The average molecular weight is 495 g/mol. The quantitative estimate of drug-likeness (QED) is 0.192. The lowest BCUT2D eigenvalue weighted by Gasteiger charge is -2.28. The number of hydrogen-bond donors (Lipinski definition) is 0. The monoisotopic (exact) mass is 494 g/mol. The molecular formula is C30H29F3O3. The van der Waals surface area contributed by atoms with Crippen LogP contribution in [-0.4, -0.2) is 12.6 Å². The Bertz CT molecular complexity index is 1240. The minimum absolute atomic E-state index is 0.0785. The molecule has 1 unspecified atom stereocenters. The van der Waals surface area contributed by atoms with Crippen molar-refractivity contribution in [1.82, 2.24) is 0 Å². The van der Waals surface area contributed by atoms with E-state index in [1.165, 1.54) is 17.7 Å². The van der Waals surface area contributed by atoms with Gasteiger partial charge in [0, 0.05) is 5.56 Å². The van der Waals surface area contributed by atoms with Gasteiger partial charge in [-0.15, -0.1) is 0 Å². The molecule has 0 aromatic heterocycles. The summed E-state index contributed by atoms with van der Waals surface area (Å²) in [6, 6.07) is 15.3. The van der Waals surface area contributed by atoms with Crippen LogP contribution in [0.15, 0.2) is 54.6 Å². The maximum absolute atomic E-state index is 15.1. The molecular weight excluding hydrogens is 465 g/mol. The van der Waals surface area contributed by atoms with E-state index in [-0.39, 0.29) is 23.3 Å². The Hall–Kier alpha value is -3.12. The van der Waals surface area contributed by atoms with Gasteiger partial charge in [-0.2, -0.15) is 0 Å². The van der Waals surface area contributed by atoms with E-state index >= 15 is 8.78 Å². The van der Waals surface area contributed by atoms with E-state index < -0.39 is 29.3 Å². The van der Waals surface area contributed by atoms with Gasteiger partial charge in [0.15, 0.2) is 23.2 Å². The molecule has 0 N–H and O–H groups in total. The minimum Gasteiger partial charge on any atom is -0.423 e. The van der Waals surface area contributed by atoms with Gasteiger partial charge in [0.05, 0.1) is 12.5 Å². The van der Waals surface area contributed by atoms with Crippen LogP contribution in [-0.2, 0) is 16.0 Å². The highest BCUT2D eigenvalue weighted by Gasteiger charge is 2.32. The van der Waals surface area contributed by atoms with Gasteiger partial charge in [-0.1, -0.05) is 55.8 Å². The number of carbonyl (C=O) groups is 1. The van der Waals surface area contributed by atoms with Crippen LogP contribution in [0.3, 0.4) is 0 Å². The first kappa shape index (κ1) is 24.6. The van der Waals surface area contributed by atoms with E-state index in [4.69, 9.17) is 9.47 Å². The molecule has 1 aliphatic carbocycles. The van der Waals surface area contributed by atoms with Gasteiger partial charge >= 0.3 is 5.97 Å². The lowest BCUT2D eigenvalue weighted by Crippen LogP contribution is -2.25. The number of rotatable bonds is 7. The van der Waals surface area contributed by atoms with Crippen molar-refractivity contribution in [2.24, 2.45) is 5.92 Å². The standard InChI is InChI=1S/C30H29F3O3/c1-2-3-18-4-6-19(7-5-18)23-13-14-24(29(33)28(23)32)20-8-10-21(11-9-20)30(34)36-26-15-12-22(16-25(26)31)27-17-35-27/h4-7,12-16,20-21,27H,2-3,8-11,17H2,1H3. The topological polar surface area (TPSA) is 38.8 Å². The molecule has 36 heavy (non-hydrogen) atoms. The van der Waals surface area contributed by atoms with E-state index in [2.05, 4.69) is 6.92 Å². The zero-order chi connectivity index (χ0) is 25.2. The normalized spacial score (nSPS) is 21.3. The lowest BCUT2D eigenvalue weighted by atomic mass is 9.78. The van der Waals surface area contributed by atoms with Crippen molar-refractivity contribution in [2.45, 2.75) is 57.5 Å². The first-order valence-corrected chi connectivity index (χ1v) is 12.6. The van der Waals surface area contributed by atoms with Crippen LogP contribution in [0.1, 0.15) is 67.7 Å². The van der Waals surface area contributed by atoms with Crippen molar-refractivity contribution in [1.29, 1.82) is 0 Å². The molecule has 3 nitrogen and oxygen atoms in total. The summed E-state index contributed by atoms with van der Waals surface area (Å²) >= 11 is 0. The van der Waals surface area contributed by atoms with Crippen molar-refractivity contribution in [3.8, 4) is 16.9 Å². The molecule has 0 amide bonds. The average Bonchev–Trinajstić information content (AvgIpc) is 3.73. The Morgan fingerprint density at radius 2 is 1.67 bits per heavy atom. The van der Waals surface area contributed by atoms with Crippen molar-refractivity contribution in [2.75, 3.05) is 6.61 Å². The van der Waals surface area contributed by atoms with Crippen LogP contribution in [0.25, 0.3) is 11.1 Å². The van der Waals surface area contributed by atoms with E-state index in [0.717, 1.165) is 18.4 Å². The molecule has 1 atom stereocenters. The van der Waals surface area contributed by atoms with Crippen molar-refractivity contribution >= 4 is 5.97 Å². The van der Waals surface area contributed by atoms with Crippen molar-refractivity contribution in [3.05, 3.63) is 88.7 Å². The highest BCUT2D eigenvalue weighted by atomic mass is 19.2. The largest absolute Gasteiger partial charge is 0.423 e. The summed E-state index contributed by atoms with van der Waals surface area (Å²) in [5, 5.41) is 0. The number of ether oxygens (including phenoxy) is 2. The number of carbonyl (C=O) groups excluding carboxylic acids is 1. The third-order valence-electron chi connectivity index (χ3n) is 7.29. The van der Waals surface area contributed by atoms with Crippen LogP contribution < -0.4 is 4.74 Å². The molecule has 2 fully saturated rings. The number of aryl methyl sites for hydroxylation is 1. The summed E-state index contributed by atoms with van der Waals surface area (Å²) in [7, 11) is 0. The highest BCUT2D eigenvalue weighted by Crippen LogP contribution is 2.40. The Kier molecular flexibility index (Phi) is 7.15. The molecule has 5 rings (SSSR count). The Balaban J connectivity index is 1.22. The predicted octanol–water partition coefficient (Wildman–Crippen LogP) is 7.67. The highest BCUT2D eigenvalue weighted by molar-refractivity contribution is 5.75. The summed E-state index contributed by atoms with van der Waals surface area (Å²) in [6.45, 7) is 2.67. The zero-order valence-corrected chi connectivity index (χ0v) is 20.2. The molecule has 6 heteroatoms. The van der Waals surface area contributed by atoms with E-state index in [9.17, 15) is 9.18 Å². The van der Waals surface area contributed by atoms with Crippen LogP contribution in [0.4, 0.5) is 13.2 Å². The van der Waals surface area contributed by atoms with Crippen LogP contribution >= 0.6 is 0 Å². The SMILES string of the molecule is CCCc1ccc(-c2ccc(C3CCC(C(=O)Oc4ccc(C5CO5)cc4F)CC3)c(F)c2F)cc1. The first-order valence-electron chi connectivity index (χ1n) is 12.6. The predicted molar refractivity (Wildman–Crippen MR) is 131 cm³/mol. The third-order valence-corrected chi connectivity index (χ3v) is 7.29. The van der Waals surface area contributed by atoms with Gasteiger partial charge in [-0.05, 0) is 72.4 Å². The molecule has 1 heterocycles. The molecule has 0 bridgehead atoms. The maximum Gasteiger partial charge on any atom is 0.314 e. The van der Waals surface area contributed by atoms with Gasteiger partial charge in [-0.3, -0.25) is 4.79 Å². The van der Waals surface area contributed by atoms with Gasteiger partial charge in [0.1, 0.15) is 6.10 Å². The van der Waals surface area contributed by atoms with Crippen molar-refractivity contribution in [3.63, 3.8) is 0 Å².